The van der Waals surface area contributed by atoms with E-state index in [-0.39, 0.29) is 12.4 Å². The number of hydrogen-bond acceptors (Lipinski definition) is 4. The molecule has 3 aromatic rings. The van der Waals surface area contributed by atoms with Crippen LogP contribution in [-0.4, -0.2) is 16.6 Å². The molecule has 0 aliphatic heterocycles. The van der Waals surface area contributed by atoms with Crippen LogP contribution < -0.4 is 10.1 Å². The van der Waals surface area contributed by atoms with Crippen LogP contribution in [0.1, 0.15) is 6.92 Å². The van der Waals surface area contributed by atoms with Gasteiger partial charge in [-0.3, -0.25) is 0 Å². The summed E-state index contributed by atoms with van der Waals surface area (Å²) in [7, 11) is 0. The van der Waals surface area contributed by atoms with Crippen molar-refractivity contribution < 1.29 is 4.74 Å². The molecule has 108 valence electrons. The average Bonchev–Trinajstić information content (AvgIpc) is 2.50. The van der Waals surface area contributed by atoms with Gasteiger partial charge in [-0.1, -0.05) is 12.1 Å². The van der Waals surface area contributed by atoms with E-state index in [9.17, 15) is 0 Å². The minimum atomic E-state index is 0. The molecule has 0 saturated carbocycles. The van der Waals surface area contributed by atoms with E-state index in [4.69, 9.17) is 4.74 Å². The summed E-state index contributed by atoms with van der Waals surface area (Å²) in [5.41, 5.74) is 1.90. The fourth-order valence-corrected chi connectivity index (χ4v) is 2.04. The van der Waals surface area contributed by atoms with Gasteiger partial charge >= 0.3 is 0 Å². The Morgan fingerprint density at radius 1 is 1.00 bits per heavy atom. The first-order chi connectivity index (χ1) is 9.86. The molecule has 3 rings (SSSR count). The van der Waals surface area contributed by atoms with Gasteiger partial charge in [0.15, 0.2) is 0 Å². The third-order valence-electron chi connectivity index (χ3n) is 2.97. The number of para-hydroxylation sites is 1. The molecule has 0 aliphatic carbocycles. The van der Waals surface area contributed by atoms with E-state index >= 15 is 0 Å². The van der Waals surface area contributed by atoms with Gasteiger partial charge in [0.25, 0.3) is 0 Å². The lowest BCUT2D eigenvalue weighted by molar-refractivity contribution is 0.340. The second-order valence-electron chi connectivity index (χ2n) is 4.32. The van der Waals surface area contributed by atoms with Crippen molar-refractivity contribution >= 4 is 34.8 Å². The van der Waals surface area contributed by atoms with Crippen LogP contribution >= 0.6 is 12.4 Å². The molecule has 2 aromatic carbocycles. The lowest BCUT2D eigenvalue weighted by Crippen LogP contribution is -1.96. The number of ether oxygens (including phenoxy) is 1. The first-order valence-corrected chi connectivity index (χ1v) is 6.56. The first-order valence-electron chi connectivity index (χ1n) is 6.56. The van der Waals surface area contributed by atoms with Crippen molar-refractivity contribution in [1.82, 2.24) is 9.97 Å². The standard InChI is InChI=1S/C16H15N3O.ClH/c1-2-20-13-9-7-12(8-10-13)19-16-14-5-3-4-6-15(14)17-11-18-16;/h3-11H,2H2,1H3,(H,17,18,19);1H. The normalized spacial score (nSPS) is 9.95. The van der Waals surface area contributed by atoms with Gasteiger partial charge in [-0.25, -0.2) is 9.97 Å². The molecule has 0 unspecified atom stereocenters. The molecular formula is C16H16ClN3O. The Hall–Kier alpha value is -2.33. The number of hydrogen-bond donors (Lipinski definition) is 1. The van der Waals surface area contributed by atoms with Gasteiger partial charge in [-0.15, -0.1) is 12.4 Å². The average molecular weight is 302 g/mol. The lowest BCUT2D eigenvalue weighted by Gasteiger charge is -2.09. The van der Waals surface area contributed by atoms with Crippen LogP contribution in [0.3, 0.4) is 0 Å². The third-order valence-corrected chi connectivity index (χ3v) is 2.97. The number of rotatable bonds is 4. The molecule has 0 radical (unpaired) electrons. The molecule has 1 heterocycles. The first kappa shape index (κ1) is 15.1. The topological polar surface area (TPSA) is 47.0 Å². The van der Waals surface area contributed by atoms with E-state index in [1.165, 1.54) is 0 Å². The molecule has 0 saturated heterocycles. The van der Waals surface area contributed by atoms with Crippen molar-refractivity contribution in [3.63, 3.8) is 0 Å². The molecule has 0 spiro atoms. The molecular weight excluding hydrogens is 286 g/mol. The number of aromatic nitrogens is 2. The third kappa shape index (κ3) is 3.41. The summed E-state index contributed by atoms with van der Waals surface area (Å²) in [5.74, 6) is 1.67. The molecule has 0 fully saturated rings. The Bertz CT molecular complexity index is 711. The highest BCUT2D eigenvalue weighted by molar-refractivity contribution is 5.90. The Kier molecular flexibility index (Phi) is 4.95. The van der Waals surface area contributed by atoms with E-state index in [2.05, 4.69) is 15.3 Å². The van der Waals surface area contributed by atoms with Crippen LogP contribution in [0.4, 0.5) is 11.5 Å². The Balaban J connectivity index is 0.00000161. The minimum Gasteiger partial charge on any atom is -0.494 e. The largest absolute Gasteiger partial charge is 0.494 e. The predicted octanol–water partition coefficient (Wildman–Crippen LogP) is 4.19. The molecule has 21 heavy (non-hydrogen) atoms. The summed E-state index contributed by atoms with van der Waals surface area (Å²) in [5, 5.41) is 4.31. The van der Waals surface area contributed by atoms with E-state index in [1.807, 2.05) is 55.5 Å². The highest BCUT2D eigenvalue weighted by Gasteiger charge is 2.03. The monoisotopic (exact) mass is 301 g/mol. The molecule has 0 atom stereocenters. The van der Waals surface area contributed by atoms with Crippen LogP contribution in [0.2, 0.25) is 0 Å². The van der Waals surface area contributed by atoms with Gasteiger partial charge in [0.05, 0.1) is 12.1 Å². The number of nitrogens with zero attached hydrogens (tertiary/aromatic N) is 2. The highest BCUT2D eigenvalue weighted by Crippen LogP contribution is 2.23. The minimum absolute atomic E-state index is 0. The quantitative estimate of drug-likeness (QED) is 0.785. The zero-order valence-corrected chi connectivity index (χ0v) is 12.4. The van der Waals surface area contributed by atoms with Crippen LogP contribution in [0.15, 0.2) is 54.9 Å². The van der Waals surface area contributed by atoms with Crippen LogP contribution in [-0.2, 0) is 0 Å². The fraction of sp³-hybridized carbons (Fsp3) is 0.125. The summed E-state index contributed by atoms with van der Waals surface area (Å²) < 4.78 is 5.43. The van der Waals surface area contributed by atoms with Crippen LogP contribution in [0.5, 0.6) is 5.75 Å². The molecule has 0 aliphatic rings. The summed E-state index contributed by atoms with van der Waals surface area (Å²) in [6.07, 6.45) is 1.57. The Morgan fingerprint density at radius 3 is 2.52 bits per heavy atom. The number of benzene rings is 2. The maximum absolute atomic E-state index is 5.43. The SMILES string of the molecule is CCOc1ccc(Nc2ncnc3ccccc23)cc1.Cl. The number of nitrogens with one attached hydrogen (secondary N) is 1. The van der Waals surface area contributed by atoms with Crippen molar-refractivity contribution in [3.05, 3.63) is 54.9 Å². The molecule has 0 bridgehead atoms. The van der Waals surface area contributed by atoms with Crippen molar-refractivity contribution in [2.75, 3.05) is 11.9 Å². The molecule has 1 aromatic heterocycles. The van der Waals surface area contributed by atoms with Gasteiger partial charge in [0.2, 0.25) is 0 Å². The Labute approximate surface area is 129 Å². The van der Waals surface area contributed by atoms with Crippen LogP contribution in [0, 0.1) is 0 Å². The van der Waals surface area contributed by atoms with Crippen LogP contribution in [0.25, 0.3) is 10.9 Å². The van der Waals surface area contributed by atoms with Gasteiger partial charge < -0.3 is 10.1 Å². The molecule has 0 amide bonds. The van der Waals surface area contributed by atoms with E-state index in [0.29, 0.717) is 6.61 Å². The lowest BCUT2D eigenvalue weighted by atomic mass is 10.2. The van der Waals surface area contributed by atoms with E-state index in [1.54, 1.807) is 6.33 Å². The smallest absolute Gasteiger partial charge is 0.141 e. The highest BCUT2D eigenvalue weighted by atomic mass is 35.5. The molecule has 4 nitrogen and oxygen atoms in total. The summed E-state index contributed by atoms with van der Waals surface area (Å²) in [6, 6.07) is 15.8. The van der Waals surface area contributed by atoms with Gasteiger partial charge in [0.1, 0.15) is 17.9 Å². The van der Waals surface area contributed by atoms with E-state index < -0.39 is 0 Å². The van der Waals surface area contributed by atoms with Crippen molar-refractivity contribution in [3.8, 4) is 5.75 Å². The predicted molar refractivity (Wildman–Crippen MR) is 87.7 cm³/mol. The van der Waals surface area contributed by atoms with Crippen molar-refractivity contribution in [1.29, 1.82) is 0 Å². The van der Waals surface area contributed by atoms with E-state index in [0.717, 1.165) is 28.2 Å². The van der Waals surface area contributed by atoms with Gasteiger partial charge in [-0.05, 0) is 43.3 Å². The summed E-state index contributed by atoms with van der Waals surface area (Å²) in [4.78, 5) is 8.56. The number of halogens is 1. The maximum atomic E-state index is 5.43. The molecule has 1 N–H and O–H groups in total. The maximum Gasteiger partial charge on any atom is 0.141 e. The van der Waals surface area contributed by atoms with Crippen molar-refractivity contribution in [2.24, 2.45) is 0 Å². The number of anilines is 2. The fourth-order valence-electron chi connectivity index (χ4n) is 2.04. The van der Waals surface area contributed by atoms with Gasteiger partial charge in [-0.2, -0.15) is 0 Å². The summed E-state index contributed by atoms with van der Waals surface area (Å²) in [6.45, 7) is 2.64. The zero-order valence-electron chi connectivity index (χ0n) is 11.6. The summed E-state index contributed by atoms with van der Waals surface area (Å²) >= 11 is 0. The zero-order chi connectivity index (χ0) is 13.8. The Morgan fingerprint density at radius 2 is 1.76 bits per heavy atom. The van der Waals surface area contributed by atoms with Crippen molar-refractivity contribution in [2.45, 2.75) is 6.92 Å². The second-order valence-corrected chi connectivity index (χ2v) is 4.32. The second kappa shape index (κ2) is 6.90. The van der Waals surface area contributed by atoms with Gasteiger partial charge in [0, 0.05) is 11.1 Å². The molecule has 5 heteroatoms. The number of fused-ring (bicyclic) bond motifs is 1.